The minimum Gasteiger partial charge on any atom is -0.399 e. The SMILES string of the molecule is Nc1ccccc1CCC(=O)NCC1CCCO1. The van der Waals surface area contributed by atoms with Gasteiger partial charge in [-0.2, -0.15) is 0 Å². The van der Waals surface area contributed by atoms with Crippen molar-refractivity contribution in [2.75, 3.05) is 18.9 Å². The zero-order valence-electron chi connectivity index (χ0n) is 10.5. The van der Waals surface area contributed by atoms with E-state index in [4.69, 9.17) is 10.5 Å². The van der Waals surface area contributed by atoms with Gasteiger partial charge in [-0.15, -0.1) is 0 Å². The first-order chi connectivity index (χ1) is 8.75. The summed E-state index contributed by atoms with van der Waals surface area (Å²) in [6, 6.07) is 7.66. The van der Waals surface area contributed by atoms with Crippen molar-refractivity contribution < 1.29 is 9.53 Å². The van der Waals surface area contributed by atoms with E-state index >= 15 is 0 Å². The number of para-hydroxylation sites is 1. The molecule has 1 saturated heterocycles. The maximum atomic E-state index is 11.7. The van der Waals surface area contributed by atoms with Crippen molar-refractivity contribution in [1.29, 1.82) is 0 Å². The Labute approximate surface area is 108 Å². The summed E-state index contributed by atoms with van der Waals surface area (Å²) < 4.78 is 5.45. The molecule has 0 aliphatic carbocycles. The van der Waals surface area contributed by atoms with E-state index in [0.29, 0.717) is 19.4 Å². The number of carbonyl (C=O) groups is 1. The summed E-state index contributed by atoms with van der Waals surface area (Å²) in [7, 11) is 0. The Morgan fingerprint density at radius 2 is 2.28 bits per heavy atom. The van der Waals surface area contributed by atoms with Crippen molar-refractivity contribution in [3.63, 3.8) is 0 Å². The second-order valence-electron chi connectivity index (χ2n) is 4.64. The first-order valence-corrected chi connectivity index (χ1v) is 6.47. The molecule has 1 aliphatic rings. The molecule has 0 bridgehead atoms. The molecule has 1 unspecified atom stereocenters. The molecule has 0 saturated carbocycles. The number of anilines is 1. The van der Waals surface area contributed by atoms with Crippen LogP contribution in [-0.4, -0.2) is 25.2 Å². The van der Waals surface area contributed by atoms with E-state index in [0.717, 1.165) is 30.7 Å². The van der Waals surface area contributed by atoms with Crippen LogP contribution in [0, 0.1) is 0 Å². The van der Waals surface area contributed by atoms with E-state index in [1.165, 1.54) is 0 Å². The molecule has 1 amide bonds. The second-order valence-corrected chi connectivity index (χ2v) is 4.64. The van der Waals surface area contributed by atoms with Crippen LogP contribution >= 0.6 is 0 Å². The number of nitrogens with one attached hydrogen (secondary N) is 1. The molecule has 1 aromatic carbocycles. The lowest BCUT2D eigenvalue weighted by atomic mass is 10.1. The highest BCUT2D eigenvalue weighted by atomic mass is 16.5. The van der Waals surface area contributed by atoms with Crippen LogP contribution in [-0.2, 0) is 16.0 Å². The first kappa shape index (κ1) is 12.9. The van der Waals surface area contributed by atoms with Crippen molar-refractivity contribution in [3.05, 3.63) is 29.8 Å². The number of rotatable bonds is 5. The molecule has 98 valence electrons. The van der Waals surface area contributed by atoms with Crippen LogP contribution in [0.3, 0.4) is 0 Å². The van der Waals surface area contributed by atoms with Crippen molar-refractivity contribution in [3.8, 4) is 0 Å². The molecule has 4 nitrogen and oxygen atoms in total. The quantitative estimate of drug-likeness (QED) is 0.776. The molecule has 0 spiro atoms. The number of benzene rings is 1. The molecule has 0 aromatic heterocycles. The van der Waals surface area contributed by atoms with Crippen molar-refractivity contribution in [2.45, 2.75) is 31.8 Å². The largest absolute Gasteiger partial charge is 0.399 e. The fraction of sp³-hybridized carbons (Fsp3) is 0.500. The third-order valence-corrected chi connectivity index (χ3v) is 3.23. The minimum atomic E-state index is 0.0637. The van der Waals surface area contributed by atoms with Gasteiger partial charge in [-0.25, -0.2) is 0 Å². The number of hydrogen-bond donors (Lipinski definition) is 2. The predicted octanol–water partition coefficient (Wildman–Crippen LogP) is 1.50. The molecule has 3 N–H and O–H groups in total. The normalized spacial score (nSPS) is 18.8. The molecule has 0 radical (unpaired) electrons. The Kier molecular flexibility index (Phi) is 4.59. The Balaban J connectivity index is 1.69. The van der Waals surface area contributed by atoms with Gasteiger partial charge in [-0.05, 0) is 30.9 Å². The molecule has 4 heteroatoms. The lowest BCUT2D eigenvalue weighted by molar-refractivity contribution is -0.121. The fourth-order valence-electron chi connectivity index (χ4n) is 2.13. The van der Waals surface area contributed by atoms with Crippen LogP contribution in [0.1, 0.15) is 24.8 Å². The third-order valence-electron chi connectivity index (χ3n) is 3.23. The Morgan fingerprint density at radius 1 is 1.44 bits per heavy atom. The summed E-state index contributed by atoms with van der Waals surface area (Å²) in [6.45, 7) is 1.45. The summed E-state index contributed by atoms with van der Waals surface area (Å²) in [5, 5.41) is 2.91. The summed E-state index contributed by atoms with van der Waals surface area (Å²) in [6.07, 6.45) is 3.51. The number of hydrogen-bond acceptors (Lipinski definition) is 3. The van der Waals surface area contributed by atoms with Crippen LogP contribution in [0.25, 0.3) is 0 Å². The van der Waals surface area contributed by atoms with Crippen LogP contribution in [0.4, 0.5) is 5.69 Å². The van der Waals surface area contributed by atoms with Crippen LogP contribution in [0.15, 0.2) is 24.3 Å². The van der Waals surface area contributed by atoms with Crippen molar-refractivity contribution >= 4 is 11.6 Å². The van der Waals surface area contributed by atoms with Gasteiger partial charge in [0.1, 0.15) is 0 Å². The highest BCUT2D eigenvalue weighted by molar-refractivity contribution is 5.76. The summed E-state index contributed by atoms with van der Waals surface area (Å²) in [5.41, 5.74) is 7.61. The second kappa shape index (κ2) is 6.40. The first-order valence-electron chi connectivity index (χ1n) is 6.47. The summed E-state index contributed by atoms with van der Waals surface area (Å²) in [5.74, 6) is 0.0637. The number of nitrogens with two attached hydrogens (primary N) is 1. The zero-order chi connectivity index (χ0) is 12.8. The number of ether oxygens (including phenoxy) is 1. The number of amides is 1. The van der Waals surface area contributed by atoms with Gasteiger partial charge in [-0.3, -0.25) is 4.79 Å². The van der Waals surface area contributed by atoms with Crippen LogP contribution in [0.5, 0.6) is 0 Å². The Morgan fingerprint density at radius 3 is 3.00 bits per heavy atom. The Hall–Kier alpha value is -1.55. The Bertz CT molecular complexity index is 401. The van der Waals surface area contributed by atoms with Crippen molar-refractivity contribution in [1.82, 2.24) is 5.32 Å². The van der Waals surface area contributed by atoms with Gasteiger partial charge in [0.15, 0.2) is 0 Å². The lowest BCUT2D eigenvalue weighted by Gasteiger charge is -2.11. The summed E-state index contributed by atoms with van der Waals surface area (Å²) in [4.78, 5) is 11.7. The third kappa shape index (κ3) is 3.74. The average Bonchev–Trinajstić information content (AvgIpc) is 2.88. The fourth-order valence-corrected chi connectivity index (χ4v) is 2.13. The van der Waals surface area contributed by atoms with Gasteiger partial charge in [0, 0.05) is 25.3 Å². The number of nitrogen functional groups attached to an aromatic ring is 1. The van der Waals surface area contributed by atoms with Crippen LogP contribution in [0.2, 0.25) is 0 Å². The number of aryl methyl sites for hydroxylation is 1. The molecule has 1 aromatic rings. The lowest BCUT2D eigenvalue weighted by Crippen LogP contribution is -2.31. The molecule has 2 rings (SSSR count). The van der Waals surface area contributed by atoms with Gasteiger partial charge in [0.2, 0.25) is 5.91 Å². The van der Waals surface area contributed by atoms with Gasteiger partial charge in [0.25, 0.3) is 0 Å². The summed E-state index contributed by atoms with van der Waals surface area (Å²) >= 11 is 0. The van der Waals surface area contributed by atoms with E-state index in [1.807, 2.05) is 24.3 Å². The minimum absolute atomic E-state index is 0.0637. The molecule has 18 heavy (non-hydrogen) atoms. The van der Waals surface area contributed by atoms with Gasteiger partial charge >= 0.3 is 0 Å². The van der Waals surface area contributed by atoms with E-state index < -0.39 is 0 Å². The van der Waals surface area contributed by atoms with E-state index in [2.05, 4.69) is 5.32 Å². The molecule has 1 aliphatic heterocycles. The highest BCUT2D eigenvalue weighted by Gasteiger charge is 2.15. The molecular weight excluding hydrogens is 228 g/mol. The molecule has 1 fully saturated rings. The monoisotopic (exact) mass is 248 g/mol. The smallest absolute Gasteiger partial charge is 0.220 e. The van der Waals surface area contributed by atoms with Crippen LogP contribution < -0.4 is 11.1 Å². The average molecular weight is 248 g/mol. The topological polar surface area (TPSA) is 64.4 Å². The van der Waals surface area contributed by atoms with Gasteiger partial charge in [0.05, 0.1) is 6.10 Å². The molecular formula is C14H20N2O2. The number of carbonyl (C=O) groups excluding carboxylic acids is 1. The standard InChI is InChI=1S/C14H20N2O2/c15-13-6-2-1-4-11(13)7-8-14(17)16-10-12-5-3-9-18-12/h1-2,4,6,12H,3,5,7-10,15H2,(H,16,17). The van der Waals surface area contributed by atoms with E-state index in [9.17, 15) is 4.79 Å². The molecule has 1 heterocycles. The van der Waals surface area contributed by atoms with Gasteiger partial charge in [-0.1, -0.05) is 18.2 Å². The predicted molar refractivity (Wildman–Crippen MR) is 71.2 cm³/mol. The zero-order valence-corrected chi connectivity index (χ0v) is 10.5. The van der Waals surface area contributed by atoms with E-state index in [-0.39, 0.29) is 12.0 Å². The van der Waals surface area contributed by atoms with E-state index in [1.54, 1.807) is 0 Å². The maximum Gasteiger partial charge on any atom is 0.220 e. The van der Waals surface area contributed by atoms with Gasteiger partial charge < -0.3 is 15.8 Å². The maximum absolute atomic E-state index is 11.7. The van der Waals surface area contributed by atoms with Crippen molar-refractivity contribution in [2.24, 2.45) is 0 Å². The molecule has 1 atom stereocenters. The highest BCUT2D eigenvalue weighted by Crippen LogP contribution is 2.13.